The lowest BCUT2D eigenvalue weighted by molar-refractivity contribution is 0.263. The first-order valence-electron chi connectivity index (χ1n) is 6.73. The second-order valence-corrected chi connectivity index (χ2v) is 5.95. The van der Waals surface area contributed by atoms with E-state index in [0.29, 0.717) is 17.8 Å². The van der Waals surface area contributed by atoms with E-state index >= 15 is 0 Å². The third kappa shape index (κ3) is 4.03. The molecule has 1 aromatic carbocycles. The fraction of sp³-hybridized carbons (Fsp3) is 0.429. The molecule has 1 unspecified atom stereocenters. The van der Waals surface area contributed by atoms with Crippen LogP contribution in [0.1, 0.15) is 12.3 Å². The number of aromatic nitrogens is 2. The van der Waals surface area contributed by atoms with E-state index in [1.165, 1.54) is 6.42 Å². The minimum atomic E-state index is 0. The molecule has 0 saturated carbocycles. The third-order valence-corrected chi connectivity index (χ3v) is 4.08. The van der Waals surface area contributed by atoms with Crippen molar-refractivity contribution >= 4 is 28.3 Å². The third-order valence-electron chi connectivity index (χ3n) is 3.59. The summed E-state index contributed by atoms with van der Waals surface area (Å²) in [4.78, 5) is 6.81. The van der Waals surface area contributed by atoms with E-state index in [4.69, 9.17) is 4.52 Å². The zero-order valence-electron chi connectivity index (χ0n) is 11.8. The summed E-state index contributed by atoms with van der Waals surface area (Å²) in [6, 6.07) is 8.48. The predicted molar refractivity (Wildman–Crippen MR) is 87.4 cm³/mol. The molecule has 0 amide bonds. The number of hydrogen-bond donors (Lipinski definition) is 1. The molecule has 1 atom stereocenters. The normalized spacial score (nSPS) is 18.7. The van der Waals surface area contributed by atoms with Gasteiger partial charge < -0.3 is 9.84 Å². The molecule has 1 saturated heterocycles. The SMILES string of the molecule is CNC1CCN(Cc2nc(-c3cccc(Br)c3)no2)C1.Cl. The van der Waals surface area contributed by atoms with Gasteiger partial charge in [-0.1, -0.05) is 33.2 Å². The summed E-state index contributed by atoms with van der Waals surface area (Å²) in [6.07, 6.45) is 1.17. The number of benzene rings is 1. The molecular formula is C14H18BrClN4O. The Morgan fingerprint density at radius 3 is 3.05 bits per heavy atom. The highest BCUT2D eigenvalue weighted by Crippen LogP contribution is 2.21. The van der Waals surface area contributed by atoms with E-state index in [-0.39, 0.29) is 12.4 Å². The standard InChI is InChI=1S/C14H17BrN4O.ClH/c1-16-12-5-6-19(8-12)9-13-17-14(18-20-13)10-3-2-4-11(15)7-10;/h2-4,7,12,16H,5-6,8-9H2,1H3;1H. The van der Waals surface area contributed by atoms with Crippen molar-refractivity contribution in [1.29, 1.82) is 0 Å². The zero-order valence-corrected chi connectivity index (χ0v) is 14.2. The highest BCUT2D eigenvalue weighted by atomic mass is 79.9. The van der Waals surface area contributed by atoms with Crippen LogP contribution < -0.4 is 5.32 Å². The van der Waals surface area contributed by atoms with Crippen LogP contribution >= 0.6 is 28.3 Å². The van der Waals surface area contributed by atoms with Gasteiger partial charge in [-0.15, -0.1) is 12.4 Å². The molecule has 1 aliphatic heterocycles. The Morgan fingerprint density at radius 2 is 2.33 bits per heavy atom. The monoisotopic (exact) mass is 372 g/mol. The maximum absolute atomic E-state index is 5.35. The number of halogens is 2. The van der Waals surface area contributed by atoms with Crippen molar-refractivity contribution < 1.29 is 4.52 Å². The van der Waals surface area contributed by atoms with Crippen molar-refractivity contribution in [2.24, 2.45) is 0 Å². The molecule has 0 aliphatic carbocycles. The number of nitrogens with one attached hydrogen (secondary N) is 1. The van der Waals surface area contributed by atoms with Gasteiger partial charge in [-0.05, 0) is 25.6 Å². The Balaban J connectivity index is 0.00000161. The topological polar surface area (TPSA) is 54.2 Å². The first-order chi connectivity index (χ1) is 9.74. The van der Waals surface area contributed by atoms with Gasteiger partial charge in [0.25, 0.3) is 0 Å². The molecule has 3 rings (SSSR count). The van der Waals surface area contributed by atoms with Gasteiger partial charge in [0.2, 0.25) is 11.7 Å². The van der Waals surface area contributed by atoms with Crippen LogP contribution in [-0.2, 0) is 6.54 Å². The van der Waals surface area contributed by atoms with Crippen LogP contribution in [0.5, 0.6) is 0 Å². The largest absolute Gasteiger partial charge is 0.338 e. The van der Waals surface area contributed by atoms with Crippen molar-refractivity contribution in [2.45, 2.75) is 19.0 Å². The maximum Gasteiger partial charge on any atom is 0.241 e. The minimum absolute atomic E-state index is 0. The summed E-state index contributed by atoms with van der Waals surface area (Å²) < 4.78 is 6.36. The summed E-state index contributed by atoms with van der Waals surface area (Å²) in [5, 5.41) is 7.36. The van der Waals surface area contributed by atoms with Gasteiger partial charge >= 0.3 is 0 Å². The molecule has 5 nitrogen and oxygen atoms in total. The molecule has 0 radical (unpaired) electrons. The Morgan fingerprint density at radius 1 is 1.48 bits per heavy atom. The molecule has 1 fully saturated rings. The number of likely N-dealkylation sites (tertiary alicyclic amines) is 1. The van der Waals surface area contributed by atoms with Crippen molar-refractivity contribution in [3.63, 3.8) is 0 Å². The summed E-state index contributed by atoms with van der Waals surface area (Å²) >= 11 is 3.45. The molecule has 1 N–H and O–H groups in total. The molecule has 0 bridgehead atoms. The van der Waals surface area contributed by atoms with E-state index in [9.17, 15) is 0 Å². The second kappa shape index (κ2) is 7.35. The number of rotatable bonds is 4. The summed E-state index contributed by atoms with van der Waals surface area (Å²) in [5.41, 5.74) is 0.962. The van der Waals surface area contributed by atoms with Crippen LogP contribution in [0.2, 0.25) is 0 Å². The minimum Gasteiger partial charge on any atom is -0.338 e. The Labute approximate surface area is 138 Å². The van der Waals surface area contributed by atoms with E-state index in [1.807, 2.05) is 31.3 Å². The molecule has 114 valence electrons. The van der Waals surface area contributed by atoms with Crippen molar-refractivity contribution in [3.05, 3.63) is 34.6 Å². The van der Waals surface area contributed by atoms with Gasteiger partial charge in [0.05, 0.1) is 6.54 Å². The average molecular weight is 374 g/mol. The predicted octanol–water partition coefficient (Wildman–Crippen LogP) is 2.71. The quantitative estimate of drug-likeness (QED) is 0.893. The van der Waals surface area contributed by atoms with E-state index in [2.05, 4.69) is 36.3 Å². The Hall–Kier alpha value is -0.950. The van der Waals surface area contributed by atoms with Gasteiger partial charge in [-0.3, -0.25) is 4.90 Å². The highest BCUT2D eigenvalue weighted by molar-refractivity contribution is 9.10. The molecule has 0 spiro atoms. The van der Waals surface area contributed by atoms with Crippen LogP contribution in [0.15, 0.2) is 33.3 Å². The molecule has 21 heavy (non-hydrogen) atoms. The lowest BCUT2D eigenvalue weighted by Gasteiger charge is -2.12. The summed E-state index contributed by atoms with van der Waals surface area (Å²) in [7, 11) is 2.01. The summed E-state index contributed by atoms with van der Waals surface area (Å²) in [5.74, 6) is 1.32. The molecule has 2 heterocycles. The fourth-order valence-corrected chi connectivity index (χ4v) is 2.87. The van der Waals surface area contributed by atoms with Gasteiger partial charge in [-0.25, -0.2) is 0 Å². The van der Waals surface area contributed by atoms with Crippen LogP contribution in [-0.4, -0.2) is 41.2 Å². The van der Waals surface area contributed by atoms with E-state index < -0.39 is 0 Å². The maximum atomic E-state index is 5.35. The summed E-state index contributed by atoms with van der Waals surface area (Å²) in [6.45, 7) is 2.82. The molecule has 7 heteroatoms. The Bertz CT molecular complexity index is 592. The van der Waals surface area contributed by atoms with Crippen LogP contribution in [0.3, 0.4) is 0 Å². The van der Waals surface area contributed by atoms with Crippen LogP contribution in [0.4, 0.5) is 0 Å². The zero-order chi connectivity index (χ0) is 13.9. The number of hydrogen-bond acceptors (Lipinski definition) is 5. The molecule has 1 aromatic heterocycles. The van der Waals surface area contributed by atoms with Gasteiger partial charge in [0.1, 0.15) is 0 Å². The van der Waals surface area contributed by atoms with Crippen molar-refractivity contribution in [3.8, 4) is 11.4 Å². The number of likely N-dealkylation sites (N-methyl/N-ethyl adjacent to an activating group) is 1. The lowest BCUT2D eigenvalue weighted by atomic mass is 10.2. The highest BCUT2D eigenvalue weighted by Gasteiger charge is 2.22. The smallest absolute Gasteiger partial charge is 0.241 e. The van der Waals surface area contributed by atoms with Crippen LogP contribution in [0.25, 0.3) is 11.4 Å². The van der Waals surface area contributed by atoms with Gasteiger partial charge in [0.15, 0.2) is 0 Å². The van der Waals surface area contributed by atoms with Gasteiger partial charge in [0, 0.05) is 29.2 Å². The van der Waals surface area contributed by atoms with Gasteiger partial charge in [-0.2, -0.15) is 4.98 Å². The van der Waals surface area contributed by atoms with Crippen molar-refractivity contribution in [2.75, 3.05) is 20.1 Å². The number of nitrogens with zero attached hydrogens (tertiary/aromatic N) is 3. The molecular weight excluding hydrogens is 356 g/mol. The van der Waals surface area contributed by atoms with E-state index in [1.54, 1.807) is 0 Å². The average Bonchev–Trinajstić information content (AvgIpc) is 3.08. The molecule has 1 aliphatic rings. The lowest BCUT2D eigenvalue weighted by Crippen LogP contribution is -2.29. The Kier molecular flexibility index (Phi) is 5.75. The first-order valence-corrected chi connectivity index (χ1v) is 7.52. The molecule has 2 aromatic rings. The van der Waals surface area contributed by atoms with E-state index in [0.717, 1.165) is 29.7 Å². The first kappa shape index (κ1) is 16.4. The van der Waals surface area contributed by atoms with Crippen molar-refractivity contribution in [1.82, 2.24) is 20.4 Å². The second-order valence-electron chi connectivity index (χ2n) is 5.03. The fourth-order valence-electron chi connectivity index (χ4n) is 2.47. The van der Waals surface area contributed by atoms with Crippen LogP contribution in [0, 0.1) is 0 Å².